The number of unbranched alkanes of at least 4 members (excludes halogenated alkanes) is 1. The van der Waals surface area contributed by atoms with Crippen LogP contribution in [-0.2, 0) is 77.1 Å². The second-order valence-electron chi connectivity index (χ2n) is 15.3. The molecule has 3 aliphatic heterocycles. The number of carboxylic acids is 1. The van der Waals surface area contributed by atoms with Crippen LogP contribution in [-0.4, -0.2) is 204 Å². The molecule has 4 rings (SSSR count). The van der Waals surface area contributed by atoms with Gasteiger partial charge in [0.05, 0.1) is 25.3 Å². The number of hydrogen-bond acceptors (Lipinski definition) is 29. The third-order valence-corrected chi connectivity index (χ3v) is 14.4. The standard InChI is InChI=1S/C34H53N3O26S5.4Na/c1-15(38)36-23-28(60-34-31(63-68(54,55)56)29(62-67(51,52)53)27(45)30(61-34)32(46)47)26(44)21(14-58-66(48,49)50)59-33(23)57-13-20(40)25(43)24(42)19(39)12-35-16-5-4-6-17(11-16)37-22(41)8-3-2-7-18-9-10-64-65-18;;;;/h4-6,11,18-21,23-31,33-35,39-40,42-45H,2-3,7-10,12-14H2,1H3,(H,36,38)(H,37,41)(H,46,47)(H,48,49,50)(H,51,52,53)(H,54,55,56);;;;/q;4*+1/p-4/t18?,19-,20+,21+,23+,24+,25+,26-,27-,28+,29-,30-,31+,33-,34+;;;;/m0..../s1. The first kappa shape index (κ1) is 73.3. The van der Waals surface area contributed by atoms with Gasteiger partial charge in [0.15, 0.2) is 18.7 Å². The second kappa shape index (κ2) is 33.8. The van der Waals surface area contributed by atoms with Crippen molar-refractivity contribution in [3.63, 3.8) is 0 Å². The molecule has 1 aromatic carbocycles. The first-order valence-electron chi connectivity index (χ1n) is 20.1. The van der Waals surface area contributed by atoms with Crippen LogP contribution in [0.25, 0.3) is 0 Å². The minimum atomic E-state index is -6.08. The molecule has 0 bridgehead atoms. The number of carboxylic acid groups (broad SMARTS) is 1. The molecule has 1 unspecified atom stereocenters. The summed E-state index contributed by atoms with van der Waals surface area (Å²) in [6.07, 6.45) is -28.1. The molecule has 29 nitrogen and oxygen atoms in total. The van der Waals surface area contributed by atoms with Crippen LogP contribution in [0.1, 0.15) is 39.0 Å². The van der Waals surface area contributed by atoms with Crippen molar-refractivity contribution >= 4 is 81.9 Å². The molecule has 15 atom stereocenters. The second-order valence-corrected chi connectivity index (χ2v) is 21.1. The van der Waals surface area contributed by atoms with E-state index in [2.05, 4.69) is 28.5 Å². The maximum Gasteiger partial charge on any atom is 1.00 e. The Balaban J connectivity index is 0.0000126. The summed E-state index contributed by atoms with van der Waals surface area (Å²) in [4.78, 5) is 36.8. The fourth-order valence-corrected chi connectivity index (χ4v) is 11.2. The Kier molecular flexibility index (Phi) is 34.4. The van der Waals surface area contributed by atoms with Gasteiger partial charge in [-0.05, 0) is 37.5 Å². The smallest absolute Gasteiger partial charge is 0.726 e. The zero-order chi connectivity index (χ0) is 50.7. The maximum absolute atomic E-state index is 12.5. The van der Waals surface area contributed by atoms with Gasteiger partial charge in [-0.2, -0.15) is 0 Å². The summed E-state index contributed by atoms with van der Waals surface area (Å²) in [5.74, 6) is -2.57. The number of nitrogens with one attached hydrogen (secondary N) is 3. The van der Waals surface area contributed by atoms with E-state index in [9.17, 15) is 89.0 Å². The van der Waals surface area contributed by atoms with Crippen molar-refractivity contribution in [2.75, 3.05) is 36.1 Å². The number of rotatable bonds is 26. The fourth-order valence-electron chi connectivity index (χ4n) is 6.91. The van der Waals surface area contributed by atoms with Gasteiger partial charge in [0.1, 0.15) is 61.0 Å². The molecule has 3 fully saturated rings. The van der Waals surface area contributed by atoms with Crippen molar-refractivity contribution in [1.82, 2.24) is 5.32 Å². The molecule has 3 saturated heterocycles. The number of benzene rings is 1. The topological polar surface area (TPSA) is 468 Å². The minimum Gasteiger partial charge on any atom is -0.726 e. The maximum atomic E-state index is 12.5. The van der Waals surface area contributed by atoms with Gasteiger partial charge in [-0.3, -0.25) is 22.1 Å². The molecule has 9 N–H and O–H groups in total. The van der Waals surface area contributed by atoms with E-state index in [1.165, 1.54) is 6.07 Å². The van der Waals surface area contributed by atoms with Crippen LogP contribution in [0.3, 0.4) is 0 Å². The van der Waals surface area contributed by atoms with Crippen LogP contribution < -0.4 is 139 Å². The number of carbonyl (C=O) groups is 3. The van der Waals surface area contributed by atoms with E-state index in [4.69, 9.17) is 18.9 Å². The zero-order valence-corrected chi connectivity index (χ0v) is 51.3. The van der Waals surface area contributed by atoms with E-state index in [-0.39, 0.29) is 124 Å². The summed E-state index contributed by atoms with van der Waals surface area (Å²) in [6, 6.07) is 4.23. The summed E-state index contributed by atoms with van der Waals surface area (Å²) in [5, 5.41) is 84.9. The average Bonchev–Trinajstić information content (AvgIpc) is 3.76. The van der Waals surface area contributed by atoms with Crippen LogP contribution in [0.5, 0.6) is 0 Å². The van der Waals surface area contributed by atoms with Crippen LogP contribution in [0, 0.1) is 0 Å². The van der Waals surface area contributed by atoms with Crippen LogP contribution in [0.15, 0.2) is 24.3 Å². The van der Waals surface area contributed by atoms with Gasteiger partial charge in [0, 0.05) is 42.3 Å². The molecule has 0 radical (unpaired) electrons. The number of hydrogen-bond donors (Lipinski definition) is 9. The number of aliphatic carboxylic acids is 1. The minimum absolute atomic E-state index is 0. The number of amides is 2. The molecule has 0 aliphatic carbocycles. The van der Waals surface area contributed by atoms with Crippen molar-refractivity contribution in [2.24, 2.45) is 0 Å². The average molecular weight is 1170 g/mol. The van der Waals surface area contributed by atoms with Crippen LogP contribution >= 0.6 is 21.6 Å². The number of aliphatic hydroxyl groups excluding tert-OH is 6. The Labute approximate surface area is 510 Å². The van der Waals surface area contributed by atoms with E-state index >= 15 is 0 Å². The molecule has 3 heterocycles. The third-order valence-electron chi connectivity index (χ3n) is 10.1. The van der Waals surface area contributed by atoms with Gasteiger partial charge < -0.3 is 89.1 Å². The molecule has 0 aromatic heterocycles. The predicted molar refractivity (Wildman–Crippen MR) is 222 cm³/mol. The summed E-state index contributed by atoms with van der Waals surface area (Å²) < 4.78 is 137. The molecule has 72 heavy (non-hydrogen) atoms. The largest absolute Gasteiger partial charge is 1.00 e. The molecule has 1 aromatic rings. The molecule has 0 spiro atoms. The number of aliphatic hydroxyl groups is 6. The van der Waals surface area contributed by atoms with E-state index < -0.39 is 149 Å². The quantitative estimate of drug-likeness (QED) is 0.0137. The van der Waals surface area contributed by atoms with E-state index in [0.717, 1.165) is 31.9 Å². The Morgan fingerprint density at radius 3 is 2.00 bits per heavy atom. The van der Waals surface area contributed by atoms with Gasteiger partial charge in [-0.15, -0.1) is 0 Å². The monoisotopic (exact) mass is 1170 g/mol. The van der Waals surface area contributed by atoms with Gasteiger partial charge in [0.25, 0.3) is 0 Å². The Hall–Kier alpha value is 1.34. The summed E-state index contributed by atoms with van der Waals surface area (Å²) >= 11 is 0. The van der Waals surface area contributed by atoms with Gasteiger partial charge in [-0.1, -0.05) is 34.1 Å². The summed E-state index contributed by atoms with van der Waals surface area (Å²) in [7, 11) is -14.0. The van der Waals surface area contributed by atoms with E-state index in [0.29, 0.717) is 29.5 Å². The van der Waals surface area contributed by atoms with Crippen molar-refractivity contribution in [3.8, 4) is 0 Å². The Morgan fingerprint density at radius 1 is 0.819 bits per heavy atom. The Morgan fingerprint density at radius 2 is 1.43 bits per heavy atom. The van der Waals surface area contributed by atoms with Gasteiger partial charge >= 0.3 is 118 Å². The normalized spacial score (nSPS) is 28.2. The fraction of sp³-hybridized carbons (Fsp3) is 0.735. The number of ether oxygens (including phenoxy) is 4. The first-order valence-corrected chi connectivity index (χ1v) is 26.5. The van der Waals surface area contributed by atoms with Gasteiger partial charge in [-0.25, -0.2) is 25.3 Å². The molecule has 3 aliphatic rings. The summed E-state index contributed by atoms with van der Waals surface area (Å²) in [5.41, 5.74) is 0.777. The predicted octanol–water partition coefficient (Wildman–Crippen LogP) is -17.8. The number of anilines is 2. The molecular weight excluding hydrogens is 1120 g/mol. The third kappa shape index (κ3) is 24.8. The summed E-state index contributed by atoms with van der Waals surface area (Å²) in [6.45, 7) is -2.22. The molecular formula is C34H49N3Na4O26S5. The molecule has 38 heteroatoms. The van der Waals surface area contributed by atoms with Crippen LogP contribution in [0.4, 0.5) is 11.4 Å². The van der Waals surface area contributed by atoms with Crippen molar-refractivity contribution < 1.29 is 239 Å². The molecule has 390 valence electrons. The van der Waals surface area contributed by atoms with Crippen molar-refractivity contribution in [2.45, 2.75) is 130 Å². The van der Waals surface area contributed by atoms with Crippen LogP contribution in [0.2, 0.25) is 0 Å². The van der Waals surface area contributed by atoms with E-state index in [1.807, 2.05) is 21.6 Å². The zero-order valence-electron chi connectivity index (χ0n) is 39.2. The van der Waals surface area contributed by atoms with Gasteiger partial charge in [0.2, 0.25) is 43.0 Å². The first-order chi connectivity index (χ1) is 31.6. The molecule has 0 saturated carbocycles. The van der Waals surface area contributed by atoms with Crippen molar-refractivity contribution in [1.29, 1.82) is 0 Å². The number of carbonyl (C=O) groups excluding carboxylic acids is 3. The van der Waals surface area contributed by atoms with Crippen molar-refractivity contribution in [3.05, 3.63) is 24.3 Å². The SMILES string of the molecule is CC(=O)N[C@H]1[C@@H](OC[C@@H](O)[C@@H](O)[C@H](O)[C@@H](O)CNc2cccc(NC(=O)CCCCC3CCSS3)c2)O[C@H](COS(=O)(=O)[O-])[C@H](O)[C@@H]1O[C@@H]1O[C@H](C(=O)[O-])[C@@H](O)[C@H](OS(=O)(=O)[O-])[C@H]1OS(=O)(=O)[O-].[Na+].[Na+].[Na+].[Na+]. The van der Waals surface area contributed by atoms with E-state index in [1.54, 1.807) is 18.2 Å². The Bertz CT molecular complexity index is 2190. The molecule has 2 amide bonds.